The second kappa shape index (κ2) is 6.36. The largest absolute Gasteiger partial charge is 0.310 e. The Kier molecular flexibility index (Phi) is 5.13. The normalized spacial score (nSPS) is 20.0. The van der Waals surface area contributed by atoms with Crippen LogP contribution in [0, 0.1) is 5.41 Å². The first kappa shape index (κ1) is 16.9. The Morgan fingerprint density at radius 3 is 2.48 bits per heavy atom. The first-order chi connectivity index (χ1) is 9.71. The molecule has 21 heavy (non-hydrogen) atoms. The zero-order chi connectivity index (χ0) is 15.7. The molecule has 0 amide bonds. The van der Waals surface area contributed by atoms with Gasteiger partial charge in [-0.1, -0.05) is 27.7 Å². The maximum atomic E-state index is 12.7. The highest BCUT2D eigenvalue weighted by molar-refractivity contribution is 7.91. The molecule has 1 aliphatic rings. The fourth-order valence-electron chi connectivity index (χ4n) is 2.36. The molecule has 2 rings (SSSR count). The van der Waals surface area contributed by atoms with Gasteiger partial charge in [-0.05, 0) is 30.4 Å². The molecule has 2 heterocycles. The second-order valence-corrected chi connectivity index (χ2v) is 10.2. The average Bonchev–Trinajstić information content (AvgIpc) is 2.85. The van der Waals surface area contributed by atoms with Crippen molar-refractivity contribution in [1.29, 1.82) is 0 Å². The van der Waals surface area contributed by atoms with E-state index in [0.29, 0.717) is 23.3 Å². The van der Waals surface area contributed by atoms with Gasteiger partial charge in [0.2, 0.25) is 0 Å². The summed E-state index contributed by atoms with van der Waals surface area (Å²) < 4.78 is 27.4. The molecule has 0 atom stereocenters. The predicted octanol–water partition coefficient (Wildman–Crippen LogP) is 3.06. The molecule has 1 fully saturated rings. The summed E-state index contributed by atoms with van der Waals surface area (Å²) in [5.41, 5.74) is 0.258. The van der Waals surface area contributed by atoms with Crippen LogP contribution in [0.4, 0.5) is 0 Å². The van der Waals surface area contributed by atoms with E-state index < -0.39 is 10.0 Å². The molecule has 1 aromatic heterocycles. The summed E-state index contributed by atoms with van der Waals surface area (Å²) in [7, 11) is -3.31. The van der Waals surface area contributed by atoms with Gasteiger partial charge in [0.15, 0.2) is 0 Å². The number of sulfonamides is 1. The Morgan fingerprint density at radius 1 is 1.29 bits per heavy atom. The van der Waals surface area contributed by atoms with Crippen LogP contribution in [-0.4, -0.2) is 31.9 Å². The fourth-order valence-corrected chi connectivity index (χ4v) is 5.26. The minimum absolute atomic E-state index is 0.258. The third kappa shape index (κ3) is 4.28. The predicted molar refractivity (Wildman–Crippen MR) is 88.1 cm³/mol. The van der Waals surface area contributed by atoms with Crippen LogP contribution in [0.2, 0.25) is 0 Å². The first-order valence-electron chi connectivity index (χ1n) is 7.53. The van der Waals surface area contributed by atoms with E-state index in [1.54, 1.807) is 10.4 Å². The topological polar surface area (TPSA) is 49.4 Å². The van der Waals surface area contributed by atoms with Crippen molar-refractivity contribution in [3.05, 3.63) is 17.0 Å². The van der Waals surface area contributed by atoms with Gasteiger partial charge in [0.25, 0.3) is 10.0 Å². The van der Waals surface area contributed by atoms with E-state index in [9.17, 15) is 8.42 Å². The molecular weight excluding hydrogens is 304 g/mol. The molecule has 4 nitrogen and oxygen atoms in total. The minimum Gasteiger partial charge on any atom is -0.310 e. The average molecular weight is 331 g/mol. The van der Waals surface area contributed by atoms with Crippen LogP contribution in [0.3, 0.4) is 0 Å². The van der Waals surface area contributed by atoms with E-state index >= 15 is 0 Å². The highest BCUT2D eigenvalue weighted by atomic mass is 32.2. The summed E-state index contributed by atoms with van der Waals surface area (Å²) in [6.07, 6.45) is 1.86. The zero-order valence-electron chi connectivity index (χ0n) is 13.3. The number of thiophene rings is 1. The Morgan fingerprint density at radius 2 is 1.90 bits per heavy atom. The SMILES string of the molecule is CC(C)NCc1ccc(S(=O)(=O)N2CCC(C)(C)CC2)s1. The standard InChI is InChI=1S/C15H26N2O2S2/c1-12(2)16-11-13-5-6-14(20-13)21(18,19)17-9-7-15(3,4)8-10-17/h5-6,12,16H,7-11H2,1-4H3. The summed E-state index contributed by atoms with van der Waals surface area (Å²) in [5, 5.41) is 3.32. The van der Waals surface area contributed by atoms with Crippen molar-refractivity contribution in [3.63, 3.8) is 0 Å². The Balaban J connectivity index is 2.06. The Hall–Kier alpha value is -0.430. The lowest BCUT2D eigenvalue weighted by Gasteiger charge is -2.35. The maximum Gasteiger partial charge on any atom is 0.252 e. The van der Waals surface area contributed by atoms with E-state index in [4.69, 9.17) is 0 Å². The molecule has 0 bridgehead atoms. The minimum atomic E-state index is -3.31. The molecule has 1 aliphatic heterocycles. The smallest absolute Gasteiger partial charge is 0.252 e. The van der Waals surface area contributed by atoms with Gasteiger partial charge in [-0.2, -0.15) is 4.31 Å². The maximum absolute atomic E-state index is 12.7. The lowest BCUT2D eigenvalue weighted by Crippen LogP contribution is -2.40. The van der Waals surface area contributed by atoms with Crippen molar-refractivity contribution in [1.82, 2.24) is 9.62 Å². The molecule has 120 valence electrons. The lowest BCUT2D eigenvalue weighted by atomic mass is 9.83. The molecule has 1 N–H and O–H groups in total. The van der Waals surface area contributed by atoms with E-state index in [1.807, 2.05) is 6.07 Å². The van der Waals surface area contributed by atoms with E-state index in [2.05, 4.69) is 33.0 Å². The summed E-state index contributed by atoms with van der Waals surface area (Å²) in [4.78, 5) is 1.07. The molecule has 6 heteroatoms. The summed E-state index contributed by atoms with van der Waals surface area (Å²) in [6.45, 7) is 10.6. The van der Waals surface area contributed by atoms with Gasteiger partial charge in [0, 0.05) is 30.6 Å². The van der Waals surface area contributed by atoms with Gasteiger partial charge < -0.3 is 5.32 Å². The third-order valence-electron chi connectivity index (χ3n) is 3.99. The fraction of sp³-hybridized carbons (Fsp3) is 0.733. The van der Waals surface area contributed by atoms with Crippen LogP contribution in [-0.2, 0) is 16.6 Å². The molecule has 0 aliphatic carbocycles. The number of rotatable bonds is 5. The Labute approximate surface area is 132 Å². The van der Waals surface area contributed by atoms with Gasteiger partial charge in [-0.3, -0.25) is 0 Å². The zero-order valence-corrected chi connectivity index (χ0v) is 15.0. The van der Waals surface area contributed by atoms with Crippen molar-refractivity contribution in [3.8, 4) is 0 Å². The molecule has 1 saturated heterocycles. The monoisotopic (exact) mass is 330 g/mol. The van der Waals surface area contributed by atoms with Crippen LogP contribution in [0.1, 0.15) is 45.4 Å². The summed E-state index contributed by atoms with van der Waals surface area (Å²) in [5.74, 6) is 0. The van der Waals surface area contributed by atoms with Crippen molar-refractivity contribution < 1.29 is 8.42 Å². The van der Waals surface area contributed by atoms with Crippen LogP contribution in [0.15, 0.2) is 16.3 Å². The van der Waals surface area contributed by atoms with Crippen molar-refractivity contribution in [2.75, 3.05) is 13.1 Å². The number of nitrogens with zero attached hydrogens (tertiary/aromatic N) is 1. The number of piperidine rings is 1. The van der Waals surface area contributed by atoms with Gasteiger partial charge in [0.05, 0.1) is 0 Å². The molecule has 0 saturated carbocycles. The van der Waals surface area contributed by atoms with E-state index in [1.165, 1.54) is 11.3 Å². The number of hydrogen-bond donors (Lipinski definition) is 1. The molecule has 0 aromatic carbocycles. The van der Waals surface area contributed by atoms with Crippen LogP contribution in [0.5, 0.6) is 0 Å². The van der Waals surface area contributed by atoms with Crippen LogP contribution >= 0.6 is 11.3 Å². The third-order valence-corrected chi connectivity index (χ3v) is 7.44. The molecule has 0 spiro atoms. The number of nitrogens with one attached hydrogen (secondary N) is 1. The van der Waals surface area contributed by atoms with E-state index in [0.717, 1.165) is 24.3 Å². The molecule has 0 radical (unpaired) electrons. The first-order valence-corrected chi connectivity index (χ1v) is 9.79. The Bertz CT molecular complexity index is 566. The van der Waals surface area contributed by atoms with Crippen molar-refractivity contribution in [2.24, 2.45) is 5.41 Å². The highest BCUT2D eigenvalue weighted by Gasteiger charge is 2.33. The highest BCUT2D eigenvalue weighted by Crippen LogP contribution is 2.33. The van der Waals surface area contributed by atoms with Crippen molar-refractivity contribution >= 4 is 21.4 Å². The van der Waals surface area contributed by atoms with Crippen LogP contribution in [0.25, 0.3) is 0 Å². The van der Waals surface area contributed by atoms with E-state index in [-0.39, 0.29) is 5.41 Å². The van der Waals surface area contributed by atoms with Crippen LogP contribution < -0.4 is 5.32 Å². The quantitative estimate of drug-likeness (QED) is 0.903. The lowest BCUT2D eigenvalue weighted by molar-refractivity contribution is 0.196. The van der Waals surface area contributed by atoms with Gasteiger partial charge in [-0.15, -0.1) is 11.3 Å². The molecule has 1 aromatic rings. The molecular formula is C15H26N2O2S2. The van der Waals surface area contributed by atoms with Gasteiger partial charge >= 0.3 is 0 Å². The second-order valence-electron chi connectivity index (χ2n) is 6.82. The van der Waals surface area contributed by atoms with Gasteiger partial charge in [-0.25, -0.2) is 8.42 Å². The summed E-state index contributed by atoms with van der Waals surface area (Å²) >= 11 is 1.38. The summed E-state index contributed by atoms with van der Waals surface area (Å²) in [6, 6.07) is 4.06. The van der Waals surface area contributed by atoms with Gasteiger partial charge in [0.1, 0.15) is 4.21 Å². The number of hydrogen-bond acceptors (Lipinski definition) is 4. The van der Waals surface area contributed by atoms with Crippen molar-refractivity contribution in [2.45, 2.75) is 57.3 Å². The molecule has 0 unspecified atom stereocenters.